The standard InChI is InChI=1S/C11H21NO2/c1-11(2)8-12-7-10(14-11)9-3-5-13-6-4-9/h9-10,12H,3-8H2,1-2H3. The van der Waals surface area contributed by atoms with Gasteiger partial charge in [-0.1, -0.05) is 0 Å². The van der Waals surface area contributed by atoms with Gasteiger partial charge in [0.15, 0.2) is 0 Å². The topological polar surface area (TPSA) is 30.5 Å². The molecular formula is C11H21NO2. The highest BCUT2D eigenvalue weighted by molar-refractivity contribution is 4.85. The molecule has 0 amide bonds. The van der Waals surface area contributed by atoms with E-state index in [1.54, 1.807) is 0 Å². The zero-order chi connectivity index (χ0) is 10.0. The second-order valence-corrected chi connectivity index (χ2v) is 5.00. The normalized spacial score (nSPS) is 34.3. The summed E-state index contributed by atoms with van der Waals surface area (Å²) in [5.74, 6) is 0.691. The lowest BCUT2D eigenvalue weighted by Crippen LogP contribution is -2.53. The van der Waals surface area contributed by atoms with Crippen molar-refractivity contribution in [2.45, 2.75) is 38.4 Å². The van der Waals surface area contributed by atoms with Crippen LogP contribution in [-0.4, -0.2) is 38.0 Å². The van der Waals surface area contributed by atoms with Gasteiger partial charge in [-0.15, -0.1) is 0 Å². The van der Waals surface area contributed by atoms with Gasteiger partial charge in [0, 0.05) is 26.3 Å². The van der Waals surface area contributed by atoms with E-state index in [4.69, 9.17) is 9.47 Å². The molecule has 2 rings (SSSR count). The van der Waals surface area contributed by atoms with Crippen LogP contribution in [0, 0.1) is 5.92 Å². The van der Waals surface area contributed by atoms with E-state index in [0.29, 0.717) is 12.0 Å². The molecule has 0 radical (unpaired) electrons. The Hall–Kier alpha value is -0.120. The summed E-state index contributed by atoms with van der Waals surface area (Å²) in [6.07, 6.45) is 2.70. The molecule has 0 aromatic heterocycles. The Labute approximate surface area is 86.2 Å². The molecule has 0 spiro atoms. The summed E-state index contributed by atoms with van der Waals surface area (Å²) in [5.41, 5.74) is 0.00121. The maximum Gasteiger partial charge on any atom is 0.0754 e. The molecule has 3 heteroatoms. The average Bonchev–Trinajstić information content (AvgIpc) is 2.18. The van der Waals surface area contributed by atoms with Gasteiger partial charge in [-0.2, -0.15) is 0 Å². The van der Waals surface area contributed by atoms with Gasteiger partial charge in [0.05, 0.1) is 11.7 Å². The minimum Gasteiger partial charge on any atom is -0.381 e. The third-order valence-electron chi connectivity index (χ3n) is 3.16. The first kappa shape index (κ1) is 10.4. The molecule has 2 saturated heterocycles. The van der Waals surface area contributed by atoms with Crippen LogP contribution in [0.25, 0.3) is 0 Å². The van der Waals surface area contributed by atoms with Crippen LogP contribution in [-0.2, 0) is 9.47 Å². The first-order valence-electron chi connectivity index (χ1n) is 5.64. The van der Waals surface area contributed by atoms with Crippen LogP contribution >= 0.6 is 0 Å². The zero-order valence-corrected chi connectivity index (χ0v) is 9.21. The molecule has 2 heterocycles. The van der Waals surface area contributed by atoms with Crippen molar-refractivity contribution in [3.05, 3.63) is 0 Å². The van der Waals surface area contributed by atoms with Crippen LogP contribution in [0.5, 0.6) is 0 Å². The number of ether oxygens (including phenoxy) is 2. The second kappa shape index (κ2) is 4.17. The largest absolute Gasteiger partial charge is 0.381 e. The number of hydrogen-bond donors (Lipinski definition) is 1. The molecule has 1 N–H and O–H groups in total. The molecule has 0 aromatic rings. The van der Waals surface area contributed by atoms with Gasteiger partial charge in [0.25, 0.3) is 0 Å². The Morgan fingerprint density at radius 1 is 1.21 bits per heavy atom. The maximum absolute atomic E-state index is 6.10. The quantitative estimate of drug-likeness (QED) is 0.688. The van der Waals surface area contributed by atoms with E-state index in [0.717, 1.165) is 39.1 Å². The molecule has 0 saturated carbocycles. The minimum atomic E-state index is 0.00121. The van der Waals surface area contributed by atoms with Crippen molar-refractivity contribution < 1.29 is 9.47 Å². The van der Waals surface area contributed by atoms with E-state index in [1.165, 1.54) is 0 Å². The van der Waals surface area contributed by atoms with Crippen molar-refractivity contribution >= 4 is 0 Å². The van der Waals surface area contributed by atoms with Crippen LogP contribution in [0.2, 0.25) is 0 Å². The van der Waals surface area contributed by atoms with E-state index >= 15 is 0 Å². The molecule has 1 unspecified atom stereocenters. The number of hydrogen-bond acceptors (Lipinski definition) is 3. The molecule has 2 fully saturated rings. The van der Waals surface area contributed by atoms with Crippen molar-refractivity contribution in [3.63, 3.8) is 0 Å². The van der Waals surface area contributed by atoms with Crippen LogP contribution < -0.4 is 5.32 Å². The maximum atomic E-state index is 6.10. The summed E-state index contributed by atoms with van der Waals surface area (Å²) < 4.78 is 11.5. The highest BCUT2D eigenvalue weighted by atomic mass is 16.5. The Bertz CT molecular complexity index is 188. The summed E-state index contributed by atoms with van der Waals surface area (Å²) in [4.78, 5) is 0. The highest BCUT2D eigenvalue weighted by Crippen LogP contribution is 2.26. The minimum absolute atomic E-state index is 0.00121. The summed E-state index contributed by atoms with van der Waals surface area (Å²) in [6, 6.07) is 0. The zero-order valence-electron chi connectivity index (χ0n) is 9.21. The Kier molecular flexibility index (Phi) is 3.10. The third-order valence-corrected chi connectivity index (χ3v) is 3.16. The van der Waals surface area contributed by atoms with Gasteiger partial charge in [-0.25, -0.2) is 0 Å². The van der Waals surface area contributed by atoms with E-state index in [-0.39, 0.29) is 5.60 Å². The average molecular weight is 199 g/mol. The van der Waals surface area contributed by atoms with E-state index in [9.17, 15) is 0 Å². The molecule has 1 atom stereocenters. The van der Waals surface area contributed by atoms with Crippen LogP contribution in [0.15, 0.2) is 0 Å². The van der Waals surface area contributed by atoms with Gasteiger partial charge in [0.1, 0.15) is 0 Å². The number of rotatable bonds is 1. The lowest BCUT2D eigenvalue weighted by Gasteiger charge is -2.41. The lowest BCUT2D eigenvalue weighted by atomic mass is 9.91. The first-order valence-corrected chi connectivity index (χ1v) is 5.64. The third kappa shape index (κ3) is 2.47. The SMILES string of the molecule is CC1(C)CNCC(C2CCOCC2)O1. The molecule has 82 valence electrons. The summed E-state index contributed by atoms with van der Waals surface area (Å²) >= 11 is 0. The fraction of sp³-hybridized carbons (Fsp3) is 1.00. The predicted octanol–water partition coefficient (Wildman–Crippen LogP) is 1.18. The number of nitrogens with one attached hydrogen (secondary N) is 1. The van der Waals surface area contributed by atoms with Gasteiger partial charge in [0.2, 0.25) is 0 Å². The highest BCUT2D eigenvalue weighted by Gasteiger charge is 2.33. The van der Waals surface area contributed by atoms with Crippen LogP contribution in [0.3, 0.4) is 0 Å². The smallest absolute Gasteiger partial charge is 0.0754 e. The van der Waals surface area contributed by atoms with Crippen molar-refractivity contribution in [1.82, 2.24) is 5.32 Å². The molecule has 2 aliphatic rings. The molecular weight excluding hydrogens is 178 g/mol. The molecule has 3 nitrogen and oxygen atoms in total. The summed E-state index contributed by atoms with van der Waals surface area (Å²) in [7, 11) is 0. The van der Waals surface area contributed by atoms with Crippen molar-refractivity contribution in [2.24, 2.45) is 5.92 Å². The fourth-order valence-corrected chi connectivity index (χ4v) is 2.36. The van der Waals surface area contributed by atoms with Gasteiger partial charge >= 0.3 is 0 Å². The van der Waals surface area contributed by atoms with E-state index in [2.05, 4.69) is 19.2 Å². The second-order valence-electron chi connectivity index (χ2n) is 5.00. The Balaban J connectivity index is 1.89. The van der Waals surface area contributed by atoms with Crippen molar-refractivity contribution in [2.75, 3.05) is 26.3 Å². The van der Waals surface area contributed by atoms with E-state index < -0.39 is 0 Å². The number of morpholine rings is 1. The van der Waals surface area contributed by atoms with Crippen LogP contribution in [0.1, 0.15) is 26.7 Å². The molecule has 2 aliphatic heterocycles. The monoisotopic (exact) mass is 199 g/mol. The predicted molar refractivity (Wildman–Crippen MR) is 55.4 cm³/mol. The van der Waals surface area contributed by atoms with Crippen molar-refractivity contribution in [1.29, 1.82) is 0 Å². The fourth-order valence-electron chi connectivity index (χ4n) is 2.36. The van der Waals surface area contributed by atoms with E-state index in [1.807, 2.05) is 0 Å². The summed E-state index contributed by atoms with van der Waals surface area (Å²) in [6.45, 7) is 8.10. The molecule has 14 heavy (non-hydrogen) atoms. The van der Waals surface area contributed by atoms with Gasteiger partial charge in [-0.3, -0.25) is 0 Å². The van der Waals surface area contributed by atoms with Crippen LogP contribution in [0.4, 0.5) is 0 Å². The summed E-state index contributed by atoms with van der Waals surface area (Å²) in [5, 5.41) is 3.46. The molecule has 0 bridgehead atoms. The Morgan fingerprint density at radius 2 is 1.93 bits per heavy atom. The van der Waals surface area contributed by atoms with Gasteiger partial charge < -0.3 is 14.8 Å². The molecule has 0 aliphatic carbocycles. The van der Waals surface area contributed by atoms with Crippen molar-refractivity contribution in [3.8, 4) is 0 Å². The first-order chi connectivity index (χ1) is 6.67. The lowest BCUT2D eigenvalue weighted by molar-refractivity contribution is -0.130. The molecule has 0 aromatic carbocycles. The Morgan fingerprint density at radius 3 is 2.57 bits per heavy atom. The van der Waals surface area contributed by atoms with Gasteiger partial charge in [-0.05, 0) is 32.6 Å².